The second-order valence-corrected chi connectivity index (χ2v) is 5.87. The molecule has 0 radical (unpaired) electrons. The lowest BCUT2D eigenvalue weighted by Crippen LogP contribution is -2.41. The number of amides is 1. The van der Waals surface area contributed by atoms with E-state index in [2.05, 4.69) is 26.0 Å². The second-order valence-electron chi connectivity index (χ2n) is 5.87. The van der Waals surface area contributed by atoms with Crippen molar-refractivity contribution in [1.82, 2.24) is 4.90 Å². The third-order valence-electron chi connectivity index (χ3n) is 4.28. The summed E-state index contributed by atoms with van der Waals surface area (Å²) in [6, 6.07) is 7.89. The van der Waals surface area contributed by atoms with E-state index >= 15 is 0 Å². The van der Waals surface area contributed by atoms with E-state index in [0.29, 0.717) is 5.56 Å². The molecule has 22 heavy (non-hydrogen) atoms. The van der Waals surface area contributed by atoms with Crippen molar-refractivity contribution in [3.05, 3.63) is 53.5 Å². The first kappa shape index (κ1) is 14.7. The van der Waals surface area contributed by atoms with Gasteiger partial charge in [0.15, 0.2) is 0 Å². The summed E-state index contributed by atoms with van der Waals surface area (Å²) < 4.78 is 11.0. The van der Waals surface area contributed by atoms with Gasteiger partial charge < -0.3 is 14.1 Å². The van der Waals surface area contributed by atoms with Crippen LogP contribution in [-0.2, 0) is 0 Å². The topological polar surface area (TPSA) is 42.7 Å². The van der Waals surface area contributed by atoms with Crippen LogP contribution < -0.4 is 4.74 Å². The first-order valence-electron chi connectivity index (χ1n) is 7.69. The Kier molecular flexibility index (Phi) is 4.18. The minimum absolute atomic E-state index is 0.0402. The van der Waals surface area contributed by atoms with Gasteiger partial charge in [0.1, 0.15) is 18.1 Å². The van der Waals surface area contributed by atoms with E-state index in [4.69, 9.17) is 9.15 Å². The van der Waals surface area contributed by atoms with Gasteiger partial charge in [0.25, 0.3) is 5.91 Å². The summed E-state index contributed by atoms with van der Waals surface area (Å²) in [5, 5.41) is 0. The number of ether oxygens (including phenoxy) is 1. The number of nitrogens with zero attached hydrogens (tertiary/aromatic N) is 1. The van der Waals surface area contributed by atoms with Crippen LogP contribution in [0.3, 0.4) is 0 Å². The molecule has 1 amide bonds. The molecule has 0 aliphatic carbocycles. The molecule has 0 N–H and O–H groups in total. The van der Waals surface area contributed by atoms with Crippen LogP contribution in [0.15, 0.2) is 41.2 Å². The molecule has 1 aliphatic heterocycles. The van der Waals surface area contributed by atoms with Crippen LogP contribution in [0.5, 0.6) is 5.75 Å². The molecule has 1 aliphatic rings. The summed E-state index contributed by atoms with van der Waals surface area (Å²) >= 11 is 0. The van der Waals surface area contributed by atoms with Crippen molar-refractivity contribution in [2.75, 3.05) is 13.1 Å². The van der Waals surface area contributed by atoms with E-state index in [0.717, 1.165) is 31.7 Å². The van der Waals surface area contributed by atoms with Crippen LogP contribution in [-0.4, -0.2) is 30.0 Å². The molecule has 1 aromatic heterocycles. The largest absolute Gasteiger partial charge is 0.490 e. The van der Waals surface area contributed by atoms with Crippen LogP contribution >= 0.6 is 0 Å². The maximum absolute atomic E-state index is 12.2. The summed E-state index contributed by atoms with van der Waals surface area (Å²) in [6.07, 6.45) is 4.92. The van der Waals surface area contributed by atoms with Crippen molar-refractivity contribution in [3.63, 3.8) is 0 Å². The molecule has 1 saturated heterocycles. The fourth-order valence-corrected chi connectivity index (χ4v) is 2.73. The Morgan fingerprint density at radius 2 is 1.95 bits per heavy atom. The van der Waals surface area contributed by atoms with Crippen LogP contribution in [0.25, 0.3) is 0 Å². The third-order valence-corrected chi connectivity index (χ3v) is 4.28. The Morgan fingerprint density at radius 1 is 1.18 bits per heavy atom. The number of aryl methyl sites for hydroxylation is 2. The molecule has 0 unspecified atom stereocenters. The second kappa shape index (κ2) is 6.26. The lowest BCUT2D eigenvalue weighted by atomic mass is 10.1. The molecule has 1 aromatic carbocycles. The van der Waals surface area contributed by atoms with Crippen molar-refractivity contribution in [2.24, 2.45) is 0 Å². The van der Waals surface area contributed by atoms with E-state index < -0.39 is 0 Å². The molecule has 3 rings (SSSR count). The highest BCUT2D eigenvalue weighted by atomic mass is 16.5. The minimum atomic E-state index is 0.0402. The molecule has 0 atom stereocenters. The van der Waals surface area contributed by atoms with Gasteiger partial charge in [-0.05, 0) is 43.2 Å². The SMILES string of the molecule is Cc1ccc(OC2CCN(C(=O)c3ccoc3)CC2)cc1C. The Bertz CT molecular complexity index is 640. The number of likely N-dealkylation sites (tertiary alicyclic amines) is 1. The zero-order valence-electron chi connectivity index (χ0n) is 13.0. The van der Waals surface area contributed by atoms with E-state index in [-0.39, 0.29) is 12.0 Å². The molecule has 0 spiro atoms. The van der Waals surface area contributed by atoms with E-state index in [1.165, 1.54) is 23.7 Å². The van der Waals surface area contributed by atoms with Gasteiger partial charge in [-0.15, -0.1) is 0 Å². The zero-order valence-corrected chi connectivity index (χ0v) is 13.0. The number of furan rings is 1. The van der Waals surface area contributed by atoms with Crippen molar-refractivity contribution in [3.8, 4) is 5.75 Å². The van der Waals surface area contributed by atoms with E-state index in [1.54, 1.807) is 6.07 Å². The van der Waals surface area contributed by atoms with Crippen LogP contribution in [0, 0.1) is 13.8 Å². The normalized spacial score (nSPS) is 15.8. The molecule has 2 heterocycles. The predicted molar refractivity (Wildman–Crippen MR) is 84.2 cm³/mol. The molecule has 4 nitrogen and oxygen atoms in total. The highest BCUT2D eigenvalue weighted by molar-refractivity contribution is 5.93. The molecule has 0 bridgehead atoms. The van der Waals surface area contributed by atoms with Gasteiger partial charge in [-0.25, -0.2) is 0 Å². The van der Waals surface area contributed by atoms with Gasteiger partial charge >= 0.3 is 0 Å². The number of carbonyl (C=O) groups excluding carboxylic acids is 1. The molecular formula is C18H21NO3. The number of piperidine rings is 1. The number of benzene rings is 1. The summed E-state index contributed by atoms with van der Waals surface area (Å²) in [5.74, 6) is 0.959. The number of hydrogen-bond acceptors (Lipinski definition) is 3. The van der Waals surface area contributed by atoms with Crippen molar-refractivity contribution in [2.45, 2.75) is 32.8 Å². The van der Waals surface area contributed by atoms with E-state index in [9.17, 15) is 4.79 Å². The summed E-state index contributed by atoms with van der Waals surface area (Å²) in [7, 11) is 0. The fraction of sp³-hybridized carbons (Fsp3) is 0.389. The number of carbonyl (C=O) groups is 1. The third kappa shape index (κ3) is 3.16. The van der Waals surface area contributed by atoms with Gasteiger partial charge in [-0.2, -0.15) is 0 Å². The van der Waals surface area contributed by atoms with E-state index in [1.807, 2.05) is 11.0 Å². The predicted octanol–water partition coefficient (Wildman–Crippen LogP) is 3.58. The Balaban J connectivity index is 1.55. The molecule has 116 valence electrons. The van der Waals surface area contributed by atoms with Crippen LogP contribution in [0.1, 0.15) is 34.3 Å². The van der Waals surface area contributed by atoms with Crippen molar-refractivity contribution in [1.29, 1.82) is 0 Å². The Hall–Kier alpha value is -2.23. The first-order valence-corrected chi connectivity index (χ1v) is 7.69. The standard InChI is InChI=1S/C18H21NO3/c1-13-3-4-17(11-14(13)2)22-16-5-8-19(9-6-16)18(20)15-7-10-21-12-15/h3-4,7,10-12,16H,5-6,8-9H2,1-2H3. The minimum Gasteiger partial charge on any atom is -0.490 e. The number of rotatable bonds is 3. The average molecular weight is 299 g/mol. The van der Waals surface area contributed by atoms with Gasteiger partial charge in [0.05, 0.1) is 11.8 Å². The molecule has 1 fully saturated rings. The first-order chi connectivity index (χ1) is 10.6. The van der Waals surface area contributed by atoms with Crippen LogP contribution in [0.4, 0.5) is 0 Å². The highest BCUT2D eigenvalue weighted by Crippen LogP contribution is 2.22. The van der Waals surface area contributed by atoms with Crippen molar-refractivity contribution >= 4 is 5.91 Å². The Labute approximate surface area is 130 Å². The average Bonchev–Trinajstić information content (AvgIpc) is 3.05. The quantitative estimate of drug-likeness (QED) is 0.870. The summed E-state index contributed by atoms with van der Waals surface area (Å²) in [6.45, 7) is 5.63. The molecular weight excluding hydrogens is 278 g/mol. The lowest BCUT2D eigenvalue weighted by Gasteiger charge is -2.32. The maximum atomic E-state index is 12.2. The van der Waals surface area contributed by atoms with Crippen LogP contribution in [0.2, 0.25) is 0 Å². The van der Waals surface area contributed by atoms with Gasteiger partial charge in [0, 0.05) is 25.9 Å². The summed E-state index contributed by atoms with van der Waals surface area (Å²) in [4.78, 5) is 14.1. The molecule has 4 heteroatoms. The monoisotopic (exact) mass is 299 g/mol. The summed E-state index contributed by atoms with van der Waals surface area (Å²) in [5.41, 5.74) is 3.13. The fourth-order valence-electron chi connectivity index (χ4n) is 2.73. The number of hydrogen-bond donors (Lipinski definition) is 0. The molecule has 0 saturated carbocycles. The maximum Gasteiger partial charge on any atom is 0.257 e. The zero-order chi connectivity index (χ0) is 15.5. The Morgan fingerprint density at radius 3 is 2.59 bits per heavy atom. The molecule has 2 aromatic rings. The highest BCUT2D eigenvalue weighted by Gasteiger charge is 2.25. The van der Waals surface area contributed by atoms with Gasteiger partial charge in [0.2, 0.25) is 0 Å². The smallest absolute Gasteiger partial charge is 0.257 e. The lowest BCUT2D eigenvalue weighted by molar-refractivity contribution is 0.0595. The van der Waals surface area contributed by atoms with Crippen molar-refractivity contribution < 1.29 is 13.9 Å². The van der Waals surface area contributed by atoms with Gasteiger partial charge in [-0.1, -0.05) is 6.07 Å². The van der Waals surface area contributed by atoms with Gasteiger partial charge in [-0.3, -0.25) is 4.79 Å².